The molecule has 13 heteroatoms. The molecule has 4 rings (SSSR count). The smallest absolute Gasteiger partial charge is 0.406 e. The van der Waals surface area contributed by atoms with Crippen molar-refractivity contribution in [1.82, 2.24) is 19.6 Å². The number of primary sulfonamides is 1. The van der Waals surface area contributed by atoms with Crippen molar-refractivity contribution in [2.45, 2.75) is 11.3 Å². The average molecular weight is 477 g/mol. The van der Waals surface area contributed by atoms with Gasteiger partial charge in [-0.3, -0.25) is 4.79 Å². The molecule has 9 nitrogen and oxygen atoms in total. The zero-order valence-corrected chi connectivity index (χ0v) is 17.3. The number of ether oxygens (including phenoxy) is 1. The fourth-order valence-electron chi connectivity index (χ4n) is 3.00. The number of hydrogen-bond donors (Lipinski definition) is 1. The van der Waals surface area contributed by atoms with Gasteiger partial charge in [0.25, 0.3) is 0 Å². The van der Waals surface area contributed by atoms with Gasteiger partial charge in [-0.1, -0.05) is 0 Å². The van der Waals surface area contributed by atoms with Gasteiger partial charge in [-0.15, -0.1) is 13.2 Å². The molecule has 0 saturated heterocycles. The summed E-state index contributed by atoms with van der Waals surface area (Å²) in [5.41, 5.74) is 0.332. The summed E-state index contributed by atoms with van der Waals surface area (Å²) < 4.78 is 66.7. The monoisotopic (exact) mass is 477 g/mol. The van der Waals surface area contributed by atoms with E-state index >= 15 is 0 Å². The zero-order chi connectivity index (χ0) is 23.8. The Morgan fingerprint density at radius 1 is 0.939 bits per heavy atom. The standard InChI is InChI=1S/C20H14F3N5O4S/c21-20(22,23)32-15-5-1-13(2-6-15)19-17(29)10-12-27(26-19)18-9-11-25-28(18)14-3-7-16(8-4-14)33(24,30)31/h1-12H,(H2,24,30,31). The number of halogens is 3. The van der Waals surface area contributed by atoms with Crippen LogP contribution in [0.15, 0.2) is 82.7 Å². The van der Waals surface area contributed by atoms with E-state index in [4.69, 9.17) is 5.14 Å². The van der Waals surface area contributed by atoms with Gasteiger partial charge in [0.1, 0.15) is 11.4 Å². The maximum atomic E-state index is 12.4. The van der Waals surface area contributed by atoms with Crippen LogP contribution in [0.5, 0.6) is 5.75 Å². The number of rotatable bonds is 5. The highest BCUT2D eigenvalue weighted by molar-refractivity contribution is 7.89. The molecule has 2 aromatic heterocycles. The SMILES string of the molecule is NS(=O)(=O)c1ccc(-n2nccc2-n2ccc(=O)c(-c3ccc(OC(F)(F)F)cc3)n2)cc1. The van der Waals surface area contributed by atoms with Gasteiger partial charge in [0.2, 0.25) is 15.5 Å². The summed E-state index contributed by atoms with van der Waals surface area (Å²) in [6, 6.07) is 13.3. The second-order valence-electron chi connectivity index (χ2n) is 6.69. The van der Waals surface area contributed by atoms with Crippen LogP contribution in [-0.2, 0) is 10.0 Å². The molecule has 0 unspecified atom stereocenters. The van der Waals surface area contributed by atoms with E-state index in [0.717, 1.165) is 12.1 Å². The Hall–Kier alpha value is -3.97. The van der Waals surface area contributed by atoms with E-state index in [2.05, 4.69) is 14.9 Å². The third-order valence-corrected chi connectivity index (χ3v) is 5.37. The third-order valence-electron chi connectivity index (χ3n) is 4.44. The van der Waals surface area contributed by atoms with Crippen LogP contribution < -0.4 is 15.3 Å². The molecule has 0 fully saturated rings. The van der Waals surface area contributed by atoms with Crippen LogP contribution in [0, 0.1) is 0 Å². The number of nitrogens with zero attached hydrogens (tertiary/aromatic N) is 4. The Bertz CT molecular complexity index is 1460. The molecule has 0 aliphatic rings. The number of alkyl halides is 3. The van der Waals surface area contributed by atoms with Gasteiger partial charge in [-0.2, -0.15) is 10.2 Å². The first-order valence-corrected chi connectivity index (χ1v) is 10.7. The van der Waals surface area contributed by atoms with Crippen molar-refractivity contribution >= 4 is 10.0 Å². The molecule has 2 N–H and O–H groups in total. The molecular weight excluding hydrogens is 463 g/mol. The lowest BCUT2D eigenvalue weighted by molar-refractivity contribution is -0.274. The Labute approximate surface area is 184 Å². The minimum Gasteiger partial charge on any atom is -0.406 e. The quantitative estimate of drug-likeness (QED) is 0.472. The number of nitrogens with two attached hydrogens (primary N) is 1. The van der Waals surface area contributed by atoms with Crippen molar-refractivity contribution in [1.29, 1.82) is 0 Å². The van der Waals surface area contributed by atoms with Gasteiger partial charge in [0, 0.05) is 23.9 Å². The van der Waals surface area contributed by atoms with Gasteiger partial charge >= 0.3 is 6.36 Å². The van der Waals surface area contributed by atoms with E-state index in [1.165, 1.54) is 64.2 Å². The molecule has 0 spiro atoms. The first kappa shape index (κ1) is 22.2. The number of benzene rings is 2. The molecule has 0 aliphatic carbocycles. The van der Waals surface area contributed by atoms with Gasteiger partial charge in [-0.25, -0.2) is 22.9 Å². The van der Waals surface area contributed by atoms with E-state index in [1.54, 1.807) is 6.07 Å². The van der Waals surface area contributed by atoms with E-state index in [1.807, 2.05) is 0 Å². The third kappa shape index (κ3) is 4.94. The van der Waals surface area contributed by atoms with Gasteiger partial charge in [-0.05, 0) is 48.5 Å². The lowest BCUT2D eigenvalue weighted by Crippen LogP contribution is -2.17. The Balaban J connectivity index is 1.70. The summed E-state index contributed by atoms with van der Waals surface area (Å²) in [7, 11) is -3.86. The molecule has 0 atom stereocenters. The highest BCUT2D eigenvalue weighted by atomic mass is 32.2. The van der Waals surface area contributed by atoms with E-state index in [0.29, 0.717) is 11.5 Å². The minimum atomic E-state index is -4.83. The molecule has 0 radical (unpaired) electrons. The molecule has 0 bridgehead atoms. The molecular formula is C20H14F3N5O4S. The predicted molar refractivity (Wildman–Crippen MR) is 110 cm³/mol. The maximum absolute atomic E-state index is 12.4. The molecule has 2 heterocycles. The first-order valence-electron chi connectivity index (χ1n) is 9.15. The Morgan fingerprint density at radius 2 is 1.61 bits per heavy atom. The topological polar surface area (TPSA) is 122 Å². The minimum absolute atomic E-state index is 0.00613. The zero-order valence-electron chi connectivity index (χ0n) is 16.5. The van der Waals surface area contributed by atoms with Crippen molar-refractivity contribution in [2.75, 3.05) is 0 Å². The van der Waals surface area contributed by atoms with Crippen molar-refractivity contribution < 1.29 is 26.3 Å². The second-order valence-corrected chi connectivity index (χ2v) is 8.25. The molecule has 0 amide bonds. The van der Waals surface area contributed by atoms with Gasteiger partial charge in [0.05, 0.1) is 16.8 Å². The molecule has 33 heavy (non-hydrogen) atoms. The van der Waals surface area contributed by atoms with E-state index < -0.39 is 27.6 Å². The fourth-order valence-corrected chi connectivity index (χ4v) is 3.51. The molecule has 0 saturated carbocycles. The summed E-state index contributed by atoms with van der Waals surface area (Å²) in [6.07, 6.45) is -1.95. The number of hydrogen-bond acceptors (Lipinski definition) is 6. The highest BCUT2D eigenvalue weighted by Gasteiger charge is 2.31. The molecule has 4 aromatic rings. The lowest BCUT2D eigenvalue weighted by atomic mass is 10.1. The second kappa shape index (κ2) is 8.18. The highest BCUT2D eigenvalue weighted by Crippen LogP contribution is 2.25. The van der Waals surface area contributed by atoms with E-state index in [-0.39, 0.29) is 16.2 Å². The van der Waals surface area contributed by atoms with Crippen LogP contribution in [0.1, 0.15) is 0 Å². The normalized spacial score (nSPS) is 12.0. The van der Waals surface area contributed by atoms with Crippen LogP contribution in [-0.4, -0.2) is 34.3 Å². The summed E-state index contributed by atoms with van der Waals surface area (Å²) >= 11 is 0. The van der Waals surface area contributed by atoms with Crippen molar-refractivity contribution in [3.05, 3.63) is 83.3 Å². The summed E-state index contributed by atoms with van der Waals surface area (Å²) in [4.78, 5) is 12.3. The maximum Gasteiger partial charge on any atom is 0.573 e. The Morgan fingerprint density at radius 3 is 2.21 bits per heavy atom. The van der Waals surface area contributed by atoms with Crippen LogP contribution in [0.3, 0.4) is 0 Å². The number of sulfonamides is 1. The average Bonchev–Trinajstić information content (AvgIpc) is 3.23. The summed E-state index contributed by atoms with van der Waals surface area (Å²) in [5, 5.41) is 13.6. The van der Waals surface area contributed by atoms with Crippen LogP contribution in [0.4, 0.5) is 13.2 Å². The van der Waals surface area contributed by atoms with Crippen molar-refractivity contribution in [3.63, 3.8) is 0 Å². The van der Waals surface area contributed by atoms with Crippen LogP contribution in [0.2, 0.25) is 0 Å². The largest absolute Gasteiger partial charge is 0.573 e. The molecule has 170 valence electrons. The lowest BCUT2D eigenvalue weighted by Gasteiger charge is -2.11. The first-order chi connectivity index (χ1) is 15.5. The summed E-state index contributed by atoms with van der Waals surface area (Å²) in [6.45, 7) is 0. The van der Waals surface area contributed by atoms with Gasteiger partial charge in [0.15, 0.2) is 5.82 Å². The fraction of sp³-hybridized carbons (Fsp3) is 0.0500. The predicted octanol–water partition coefficient (Wildman–Crippen LogP) is 2.63. The van der Waals surface area contributed by atoms with Crippen molar-refractivity contribution in [2.24, 2.45) is 5.14 Å². The number of aromatic nitrogens is 4. The summed E-state index contributed by atoms with van der Waals surface area (Å²) in [5.74, 6) is -0.0137. The van der Waals surface area contributed by atoms with Crippen molar-refractivity contribution in [3.8, 4) is 28.5 Å². The molecule has 2 aromatic carbocycles. The molecule has 0 aliphatic heterocycles. The van der Waals surface area contributed by atoms with Crippen LogP contribution >= 0.6 is 0 Å². The van der Waals surface area contributed by atoms with Gasteiger partial charge < -0.3 is 4.74 Å². The van der Waals surface area contributed by atoms with E-state index in [9.17, 15) is 26.4 Å². The Kier molecular flexibility index (Phi) is 5.51. The van der Waals surface area contributed by atoms with Crippen LogP contribution in [0.25, 0.3) is 22.8 Å².